The lowest BCUT2D eigenvalue weighted by Gasteiger charge is -2.31. The van der Waals surface area contributed by atoms with Crippen LogP contribution < -0.4 is 16.0 Å². The number of hydrogen-bond donors (Lipinski definition) is 3. The Labute approximate surface area is 174 Å². The number of ether oxygens (including phenoxy) is 2. The topological polar surface area (TPSA) is 84.0 Å². The van der Waals surface area contributed by atoms with Gasteiger partial charge in [-0.2, -0.15) is 0 Å². The molecule has 0 spiro atoms. The number of benzene rings is 1. The minimum atomic E-state index is -0.495. The van der Waals surface area contributed by atoms with Crippen molar-refractivity contribution in [2.45, 2.75) is 52.2 Å². The Morgan fingerprint density at radius 2 is 1.90 bits per heavy atom. The molecule has 2 unspecified atom stereocenters. The molecule has 1 heterocycles. The van der Waals surface area contributed by atoms with Crippen LogP contribution in [0.1, 0.15) is 52.2 Å². The first-order valence-corrected chi connectivity index (χ1v) is 10.5. The molecule has 1 aliphatic heterocycles. The fraction of sp³-hybridized carbons (Fsp3) is 0.636. The molecule has 2 atom stereocenters. The summed E-state index contributed by atoms with van der Waals surface area (Å²) in [6, 6.07) is 10.4. The third-order valence-electron chi connectivity index (χ3n) is 4.49. The quantitative estimate of drug-likeness (QED) is 0.369. The van der Waals surface area contributed by atoms with Crippen molar-refractivity contribution in [1.82, 2.24) is 16.0 Å². The van der Waals surface area contributed by atoms with Gasteiger partial charge in [-0.25, -0.2) is 4.79 Å². The summed E-state index contributed by atoms with van der Waals surface area (Å²) >= 11 is 0. The zero-order valence-electron chi connectivity index (χ0n) is 18.2. The number of carbonyl (C=O) groups excluding carboxylic acids is 1. The van der Waals surface area contributed by atoms with Crippen LogP contribution in [0.5, 0.6) is 0 Å². The highest BCUT2D eigenvalue weighted by Crippen LogP contribution is 2.33. The lowest BCUT2D eigenvalue weighted by molar-refractivity contribution is -0.0250. The van der Waals surface area contributed by atoms with E-state index in [0.29, 0.717) is 25.6 Å². The van der Waals surface area contributed by atoms with Crippen LogP contribution in [-0.2, 0) is 9.47 Å². The van der Waals surface area contributed by atoms with Crippen LogP contribution >= 0.6 is 0 Å². The predicted octanol–water partition coefficient (Wildman–Crippen LogP) is 3.23. The summed E-state index contributed by atoms with van der Waals surface area (Å²) < 4.78 is 11.3. The Balaban J connectivity index is 1.84. The maximum absolute atomic E-state index is 11.7. The smallest absolute Gasteiger partial charge is 0.407 e. The third-order valence-corrected chi connectivity index (χ3v) is 4.49. The van der Waals surface area contributed by atoms with E-state index in [0.717, 1.165) is 32.0 Å². The molecule has 1 aromatic rings. The molecule has 7 nitrogen and oxygen atoms in total. The average molecular weight is 405 g/mol. The molecular formula is C22H36N4O3. The molecule has 1 fully saturated rings. The monoisotopic (exact) mass is 404 g/mol. The summed E-state index contributed by atoms with van der Waals surface area (Å²) in [5.41, 5.74) is 0.720. The first-order chi connectivity index (χ1) is 13.9. The van der Waals surface area contributed by atoms with Gasteiger partial charge in [0.15, 0.2) is 5.96 Å². The van der Waals surface area contributed by atoms with Crippen molar-refractivity contribution in [1.29, 1.82) is 0 Å². The van der Waals surface area contributed by atoms with Crippen LogP contribution in [0.4, 0.5) is 4.79 Å². The molecule has 3 N–H and O–H groups in total. The molecule has 1 aromatic carbocycles. The van der Waals surface area contributed by atoms with E-state index in [1.54, 1.807) is 0 Å². The summed E-state index contributed by atoms with van der Waals surface area (Å²) in [7, 11) is 0. The number of rotatable bonds is 7. The molecule has 1 aliphatic rings. The molecule has 0 saturated carbocycles. The lowest BCUT2D eigenvalue weighted by atomic mass is 9.89. The van der Waals surface area contributed by atoms with Crippen molar-refractivity contribution in [3.63, 3.8) is 0 Å². The summed E-state index contributed by atoms with van der Waals surface area (Å²) in [6.07, 6.45) is 1.84. The molecule has 0 bridgehead atoms. The summed E-state index contributed by atoms with van der Waals surface area (Å²) in [4.78, 5) is 16.5. The summed E-state index contributed by atoms with van der Waals surface area (Å²) in [6.45, 7) is 10.9. The van der Waals surface area contributed by atoms with Crippen molar-refractivity contribution in [3.05, 3.63) is 35.9 Å². The number of hydrogen-bond acceptors (Lipinski definition) is 4. The van der Waals surface area contributed by atoms with Crippen LogP contribution in [0.3, 0.4) is 0 Å². The fourth-order valence-corrected chi connectivity index (χ4v) is 3.25. The van der Waals surface area contributed by atoms with Crippen LogP contribution in [-0.4, -0.2) is 50.4 Å². The van der Waals surface area contributed by atoms with E-state index in [-0.39, 0.29) is 6.10 Å². The Kier molecular flexibility index (Phi) is 9.25. The number of nitrogens with one attached hydrogen (secondary N) is 3. The van der Waals surface area contributed by atoms with Gasteiger partial charge in [0, 0.05) is 38.7 Å². The Morgan fingerprint density at radius 1 is 1.17 bits per heavy atom. The maximum Gasteiger partial charge on any atom is 0.407 e. The zero-order chi connectivity index (χ0) is 21.1. The van der Waals surface area contributed by atoms with Gasteiger partial charge >= 0.3 is 6.09 Å². The second kappa shape index (κ2) is 11.7. The zero-order valence-corrected chi connectivity index (χ0v) is 18.2. The van der Waals surface area contributed by atoms with E-state index in [2.05, 4.69) is 40.2 Å². The SMILES string of the molecule is CCNC(=NCC1CCCOC1c1ccccc1)NCCNC(=O)OC(C)(C)C. The molecule has 29 heavy (non-hydrogen) atoms. The highest BCUT2D eigenvalue weighted by Gasteiger charge is 2.27. The van der Waals surface area contributed by atoms with Crippen LogP contribution in [0.15, 0.2) is 35.3 Å². The molecule has 1 saturated heterocycles. The Morgan fingerprint density at radius 3 is 2.59 bits per heavy atom. The molecule has 0 aromatic heterocycles. The van der Waals surface area contributed by atoms with Crippen molar-refractivity contribution >= 4 is 12.1 Å². The van der Waals surface area contributed by atoms with Crippen LogP contribution in [0.2, 0.25) is 0 Å². The molecule has 2 rings (SSSR count). The number of nitrogens with zero attached hydrogens (tertiary/aromatic N) is 1. The first-order valence-electron chi connectivity index (χ1n) is 10.5. The van der Waals surface area contributed by atoms with E-state index < -0.39 is 11.7 Å². The van der Waals surface area contributed by atoms with E-state index in [1.807, 2.05) is 33.8 Å². The number of guanidine groups is 1. The van der Waals surface area contributed by atoms with Crippen molar-refractivity contribution in [2.24, 2.45) is 10.9 Å². The van der Waals surface area contributed by atoms with Crippen molar-refractivity contribution in [3.8, 4) is 0 Å². The summed E-state index contributed by atoms with van der Waals surface area (Å²) in [5, 5.41) is 9.26. The average Bonchev–Trinajstić information content (AvgIpc) is 2.69. The van der Waals surface area contributed by atoms with Crippen molar-refractivity contribution in [2.75, 3.05) is 32.8 Å². The lowest BCUT2D eigenvalue weighted by Crippen LogP contribution is -2.42. The van der Waals surface area contributed by atoms with Gasteiger partial charge in [-0.05, 0) is 46.1 Å². The van der Waals surface area contributed by atoms with Gasteiger partial charge in [0.1, 0.15) is 5.60 Å². The third kappa shape index (κ3) is 8.73. The highest BCUT2D eigenvalue weighted by molar-refractivity contribution is 5.79. The van der Waals surface area contributed by atoms with Gasteiger partial charge in [-0.3, -0.25) is 4.99 Å². The summed E-state index contributed by atoms with van der Waals surface area (Å²) in [5.74, 6) is 1.09. The molecular weight excluding hydrogens is 368 g/mol. The largest absolute Gasteiger partial charge is 0.444 e. The van der Waals surface area contributed by atoms with Gasteiger partial charge in [0.25, 0.3) is 0 Å². The number of carbonyl (C=O) groups is 1. The second-order valence-corrected chi connectivity index (χ2v) is 8.18. The highest BCUT2D eigenvalue weighted by atomic mass is 16.6. The van der Waals surface area contributed by atoms with Crippen LogP contribution in [0.25, 0.3) is 0 Å². The molecule has 0 radical (unpaired) electrons. The second-order valence-electron chi connectivity index (χ2n) is 8.18. The number of alkyl carbamates (subject to hydrolysis) is 1. The number of amides is 1. The Bertz CT molecular complexity index is 643. The maximum atomic E-state index is 11.7. The Hall–Kier alpha value is -2.28. The fourth-order valence-electron chi connectivity index (χ4n) is 3.25. The molecule has 0 aliphatic carbocycles. The van der Waals surface area contributed by atoms with Crippen molar-refractivity contribution < 1.29 is 14.3 Å². The van der Waals surface area contributed by atoms with Gasteiger partial charge in [-0.1, -0.05) is 30.3 Å². The minimum Gasteiger partial charge on any atom is -0.444 e. The van der Waals surface area contributed by atoms with E-state index >= 15 is 0 Å². The molecule has 1 amide bonds. The van der Waals surface area contributed by atoms with Gasteiger partial charge in [-0.15, -0.1) is 0 Å². The minimum absolute atomic E-state index is 0.0883. The van der Waals surface area contributed by atoms with E-state index in [9.17, 15) is 4.79 Å². The van der Waals surface area contributed by atoms with Crippen LogP contribution in [0, 0.1) is 5.92 Å². The normalized spacial score (nSPS) is 20.1. The van der Waals surface area contributed by atoms with E-state index in [4.69, 9.17) is 14.5 Å². The predicted molar refractivity (Wildman–Crippen MR) is 116 cm³/mol. The standard InChI is InChI=1S/C22H36N4O3/c1-5-23-20(24-13-14-25-21(27)29-22(2,3)4)26-16-18-12-9-15-28-19(18)17-10-7-6-8-11-17/h6-8,10-11,18-19H,5,9,12-16H2,1-4H3,(H,25,27)(H2,23,24,26). The number of aliphatic imine (C=N–C) groups is 1. The first kappa shape index (κ1) is 23.0. The molecule has 162 valence electrons. The van der Waals surface area contributed by atoms with E-state index in [1.165, 1.54) is 5.56 Å². The van der Waals surface area contributed by atoms with Gasteiger partial charge in [0.2, 0.25) is 0 Å². The molecule has 7 heteroatoms. The van der Waals surface area contributed by atoms with Gasteiger partial charge in [0.05, 0.1) is 6.10 Å². The van der Waals surface area contributed by atoms with Gasteiger partial charge < -0.3 is 25.4 Å².